The minimum absolute atomic E-state index is 0.330. The van der Waals surface area contributed by atoms with E-state index in [0.29, 0.717) is 10.9 Å². The van der Waals surface area contributed by atoms with Crippen LogP contribution in [0.2, 0.25) is 0 Å². The Morgan fingerprint density at radius 3 is 2.31 bits per heavy atom. The summed E-state index contributed by atoms with van der Waals surface area (Å²) in [5.74, 6) is -0.341. The third-order valence-electron chi connectivity index (χ3n) is 1.56. The highest BCUT2D eigenvalue weighted by Crippen LogP contribution is 2.33. The van der Waals surface area contributed by atoms with Gasteiger partial charge in [0.2, 0.25) is 0 Å². The van der Waals surface area contributed by atoms with Crippen LogP contribution in [-0.2, 0) is 11.5 Å². The van der Waals surface area contributed by atoms with Crippen molar-refractivity contribution in [3.63, 3.8) is 0 Å². The molecular weight excluding hydrogens is 249 g/mol. The molecule has 0 saturated carbocycles. The van der Waals surface area contributed by atoms with Crippen LogP contribution in [0, 0.1) is 0 Å². The lowest BCUT2D eigenvalue weighted by Crippen LogP contribution is -2.04. The van der Waals surface area contributed by atoms with Gasteiger partial charge in [0.15, 0.2) is 0 Å². The van der Waals surface area contributed by atoms with Gasteiger partial charge in [-0.05, 0) is 12.1 Å². The first kappa shape index (κ1) is 10.4. The SMILES string of the molecule is Oc1cc(C(F)(F)F)ccc1CBr. The largest absolute Gasteiger partial charge is 0.508 e. The summed E-state index contributed by atoms with van der Waals surface area (Å²) in [4.78, 5) is 0. The number of rotatable bonds is 1. The van der Waals surface area contributed by atoms with Crippen molar-refractivity contribution in [1.29, 1.82) is 0 Å². The van der Waals surface area contributed by atoms with Crippen molar-refractivity contribution in [3.05, 3.63) is 29.3 Å². The van der Waals surface area contributed by atoms with Crippen LogP contribution < -0.4 is 0 Å². The number of halogens is 4. The number of phenolic OH excluding ortho intramolecular Hbond substituents is 1. The lowest BCUT2D eigenvalue weighted by molar-refractivity contribution is -0.137. The van der Waals surface area contributed by atoms with Crippen molar-refractivity contribution >= 4 is 15.9 Å². The zero-order chi connectivity index (χ0) is 10.1. The number of hydrogen-bond donors (Lipinski definition) is 1. The molecule has 0 aliphatic heterocycles. The molecule has 0 spiro atoms. The quantitative estimate of drug-likeness (QED) is 0.763. The Balaban J connectivity index is 3.10. The molecule has 72 valence electrons. The molecule has 0 atom stereocenters. The summed E-state index contributed by atoms with van der Waals surface area (Å²) in [6, 6.07) is 2.90. The van der Waals surface area contributed by atoms with Crippen LogP contribution in [0.5, 0.6) is 5.75 Å². The topological polar surface area (TPSA) is 20.2 Å². The molecule has 0 amide bonds. The van der Waals surface area contributed by atoms with E-state index in [1.54, 1.807) is 0 Å². The van der Waals surface area contributed by atoms with Gasteiger partial charge in [0.05, 0.1) is 5.56 Å². The summed E-state index contributed by atoms with van der Waals surface area (Å²) in [6.45, 7) is 0. The molecule has 0 fully saturated rings. The van der Waals surface area contributed by atoms with Gasteiger partial charge in [-0.25, -0.2) is 0 Å². The molecule has 1 N–H and O–H groups in total. The fraction of sp³-hybridized carbons (Fsp3) is 0.250. The second-order valence-corrected chi connectivity index (χ2v) is 3.04. The van der Waals surface area contributed by atoms with Crippen molar-refractivity contribution in [2.24, 2.45) is 0 Å². The van der Waals surface area contributed by atoms with Gasteiger partial charge < -0.3 is 5.11 Å². The Hall–Kier alpha value is -0.710. The zero-order valence-corrected chi connectivity index (χ0v) is 7.98. The molecular formula is C8H6BrF3O. The third kappa shape index (κ3) is 2.37. The summed E-state index contributed by atoms with van der Waals surface area (Å²) in [5, 5.41) is 9.46. The molecule has 1 rings (SSSR count). The van der Waals surface area contributed by atoms with Crippen LogP contribution in [0.15, 0.2) is 18.2 Å². The molecule has 0 aromatic heterocycles. The monoisotopic (exact) mass is 254 g/mol. The fourth-order valence-corrected chi connectivity index (χ4v) is 1.33. The van der Waals surface area contributed by atoms with Gasteiger partial charge in [0.25, 0.3) is 0 Å². The molecule has 0 aliphatic rings. The maximum atomic E-state index is 12.1. The van der Waals surface area contributed by atoms with Gasteiger partial charge in [-0.3, -0.25) is 0 Å². The van der Waals surface area contributed by atoms with Crippen LogP contribution in [0.25, 0.3) is 0 Å². The highest BCUT2D eigenvalue weighted by Gasteiger charge is 2.30. The zero-order valence-electron chi connectivity index (χ0n) is 6.40. The number of hydrogen-bond acceptors (Lipinski definition) is 1. The predicted molar refractivity (Wildman–Crippen MR) is 45.7 cm³/mol. The van der Waals surface area contributed by atoms with Crippen molar-refractivity contribution in [1.82, 2.24) is 0 Å². The predicted octanol–water partition coefficient (Wildman–Crippen LogP) is 3.31. The highest BCUT2D eigenvalue weighted by molar-refractivity contribution is 9.08. The summed E-state index contributed by atoms with van der Waals surface area (Å²) in [6.07, 6.45) is -4.40. The number of alkyl halides is 4. The van der Waals surface area contributed by atoms with E-state index in [-0.39, 0.29) is 5.75 Å². The van der Waals surface area contributed by atoms with E-state index in [4.69, 9.17) is 5.11 Å². The molecule has 1 aromatic carbocycles. The molecule has 0 bridgehead atoms. The maximum Gasteiger partial charge on any atom is 0.416 e. The van der Waals surface area contributed by atoms with E-state index in [2.05, 4.69) is 15.9 Å². The Bertz CT molecular complexity index is 309. The van der Waals surface area contributed by atoms with E-state index in [1.807, 2.05) is 0 Å². The lowest BCUT2D eigenvalue weighted by atomic mass is 10.1. The number of phenols is 1. The first-order chi connectivity index (χ1) is 5.95. The third-order valence-corrected chi connectivity index (χ3v) is 2.16. The smallest absolute Gasteiger partial charge is 0.416 e. The standard InChI is InChI=1S/C8H6BrF3O/c9-4-5-1-2-6(3-7(5)13)8(10,11)12/h1-3,13H,4H2. The van der Waals surface area contributed by atoms with E-state index < -0.39 is 11.7 Å². The normalized spacial score (nSPS) is 11.7. The van der Waals surface area contributed by atoms with Crippen LogP contribution >= 0.6 is 15.9 Å². The Kier molecular flexibility index (Phi) is 2.85. The second kappa shape index (κ2) is 3.57. The lowest BCUT2D eigenvalue weighted by Gasteiger charge is -2.08. The average Bonchev–Trinajstić information content (AvgIpc) is 2.02. The minimum atomic E-state index is -4.40. The van der Waals surface area contributed by atoms with Crippen LogP contribution in [0.1, 0.15) is 11.1 Å². The first-order valence-corrected chi connectivity index (χ1v) is 4.52. The molecule has 5 heteroatoms. The van der Waals surface area contributed by atoms with E-state index >= 15 is 0 Å². The molecule has 1 nitrogen and oxygen atoms in total. The molecule has 0 aliphatic carbocycles. The maximum absolute atomic E-state index is 12.1. The minimum Gasteiger partial charge on any atom is -0.508 e. The molecule has 1 aromatic rings. The summed E-state index contributed by atoms with van der Waals surface area (Å²) < 4.78 is 36.2. The molecule has 13 heavy (non-hydrogen) atoms. The van der Waals surface area contributed by atoms with Crippen LogP contribution in [0.3, 0.4) is 0 Å². The van der Waals surface area contributed by atoms with Gasteiger partial charge in [0.1, 0.15) is 5.75 Å². The van der Waals surface area contributed by atoms with E-state index in [1.165, 1.54) is 6.07 Å². The Labute approximate surface area is 81.3 Å². The van der Waals surface area contributed by atoms with Gasteiger partial charge >= 0.3 is 6.18 Å². The molecule has 0 heterocycles. The Morgan fingerprint density at radius 2 is 1.92 bits per heavy atom. The summed E-state index contributed by atoms with van der Waals surface area (Å²) >= 11 is 3.04. The van der Waals surface area contributed by atoms with Gasteiger partial charge in [-0.1, -0.05) is 22.0 Å². The number of aromatic hydroxyl groups is 1. The second-order valence-electron chi connectivity index (χ2n) is 2.47. The van der Waals surface area contributed by atoms with Crippen molar-refractivity contribution in [2.75, 3.05) is 0 Å². The van der Waals surface area contributed by atoms with Crippen molar-refractivity contribution in [3.8, 4) is 5.75 Å². The molecule has 0 saturated heterocycles. The van der Waals surface area contributed by atoms with Crippen molar-refractivity contribution < 1.29 is 18.3 Å². The fourth-order valence-electron chi connectivity index (χ4n) is 0.853. The van der Waals surface area contributed by atoms with Gasteiger partial charge in [-0.15, -0.1) is 0 Å². The van der Waals surface area contributed by atoms with Gasteiger partial charge in [-0.2, -0.15) is 13.2 Å². The first-order valence-electron chi connectivity index (χ1n) is 3.40. The highest BCUT2D eigenvalue weighted by atomic mass is 79.9. The van der Waals surface area contributed by atoms with Crippen LogP contribution in [-0.4, -0.2) is 5.11 Å². The Morgan fingerprint density at radius 1 is 1.31 bits per heavy atom. The summed E-state index contributed by atoms with van der Waals surface area (Å²) in [5.41, 5.74) is -0.400. The van der Waals surface area contributed by atoms with Crippen molar-refractivity contribution in [2.45, 2.75) is 11.5 Å². The van der Waals surface area contributed by atoms with E-state index in [0.717, 1.165) is 12.1 Å². The molecule has 0 radical (unpaired) electrons. The number of benzene rings is 1. The van der Waals surface area contributed by atoms with Crippen LogP contribution in [0.4, 0.5) is 13.2 Å². The average molecular weight is 255 g/mol. The van der Waals surface area contributed by atoms with E-state index in [9.17, 15) is 13.2 Å². The molecule has 0 unspecified atom stereocenters. The van der Waals surface area contributed by atoms with Gasteiger partial charge in [0, 0.05) is 10.9 Å². The summed E-state index contributed by atoms with van der Waals surface area (Å²) in [7, 11) is 0.